The fourth-order valence-corrected chi connectivity index (χ4v) is 9.94. The molecule has 6 aromatic carbocycles. The lowest BCUT2D eigenvalue weighted by atomic mass is 9.72. The molecule has 0 atom stereocenters. The largest absolute Gasteiger partial charge is 0.0776 e. The first-order valence-electron chi connectivity index (χ1n) is 18.8. The third-order valence-corrected chi connectivity index (χ3v) is 14.6. The van der Waals surface area contributed by atoms with E-state index in [1.807, 2.05) is 0 Å². The van der Waals surface area contributed by atoms with Crippen molar-refractivity contribution in [3.05, 3.63) is 111 Å². The summed E-state index contributed by atoms with van der Waals surface area (Å²) in [6.07, 6.45) is 0. The van der Waals surface area contributed by atoms with Crippen molar-refractivity contribution >= 4 is 32.3 Å². The zero-order chi connectivity index (χ0) is 37.3. The molecule has 0 aromatic heterocycles. The Hall–Kier alpha value is -3.90. The number of rotatable bonds is 2. The van der Waals surface area contributed by atoms with Gasteiger partial charge in [-0.05, 0) is 304 Å². The van der Waals surface area contributed by atoms with E-state index in [0.29, 0.717) is 0 Å². The third-order valence-electron chi connectivity index (χ3n) is 14.6. The van der Waals surface area contributed by atoms with Crippen molar-refractivity contribution in [2.45, 2.75) is 146 Å². The maximum Gasteiger partial charge on any atom is -0.00150 e. The molecule has 0 radical (unpaired) electrons. The highest BCUT2D eigenvalue weighted by atomic mass is 14.3. The molecule has 0 aliphatic heterocycles. The summed E-state index contributed by atoms with van der Waals surface area (Å²) in [5.41, 5.74) is 34.1. The standard InChI is InChI=1S/C50H60.CH4/c1-21-23(3)31(11)41(32(12)24(21)4)49-45-37(17)29(9)30(10)38(18)46(45)50(42-33(13)25(5)22(2)26(6)34(42)14)48-40(20)44-36(16)28(8)27(7)35(15)43(44)39(19)47(48)49;/h1-20H3;1H4. The molecule has 0 nitrogen and oxygen atoms in total. The molecule has 0 saturated carbocycles. The minimum atomic E-state index is 0. The van der Waals surface area contributed by atoms with Gasteiger partial charge in [-0.2, -0.15) is 0 Å². The van der Waals surface area contributed by atoms with E-state index in [0.717, 1.165) is 0 Å². The highest BCUT2D eigenvalue weighted by Crippen LogP contribution is 2.55. The summed E-state index contributed by atoms with van der Waals surface area (Å²) >= 11 is 0. The van der Waals surface area contributed by atoms with Gasteiger partial charge >= 0.3 is 0 Å². The summed E-state index contributed by atoms with van der Waals surface area (Å²) < 4.78 is 0. The topological polar surface area (TPSA) is 0 Å². The van der Waals surface area contributed by atoms with Gasteiger partial charge in [0, 0.05) is 0 Å². The number of hydrogen-bond acceptors (Lipinski definition) is 0. The highest BCUT2D eigenvalue weighted by Gasteiger charge is 2.30. The van der Waals surface area contributed by atoms with E-state index in [4.69, 9.17) is 0 Å². The van der Waals surface area contributed by atoms with Gasteiger partial charge in [0.05, 0.1) is 0 Å². The van der Waals surface area contributed by atoms with Crippen LogP contribution in [0, 0.1) is 138 Å². The van der Waals surface area contributed by atoms with Crippen LogP contribution in [0.25, 0.3) is 54.6 Å². The first kappa shape index (κ1) is 38.3. The van der Waals surface area contributed by atoms with Crippen molar-refractivity contribution in [1.29, 1.82) is 0 Å². The fourth-order valence-electron chi connectivity index (χ4n) is 9.94. The average Bonchev–Trinajstić information content (AvgIpc) is 3.09. The molecule has 0 heteroatoms. The van der Waals surface area contributed by atoms with Crippen molar-refractivity contribution in [2.24, 2.45) is 0 Å². The quantitative estimate of drug-likeness (QED) is 0.160. The molecule has 0 unspecified atom stereocenters. The van der Waals surface area contributed by atoms with Crippen molar-refractivity contribution < 1.29 is 0 Å². The lowest BCUT2D eigenvalue weighted by Crippen LogP contribution is -2.08. The van der Waals surface area contributed by atoms with Gasteiger partial charge < -0.3 is 0 Å². The Balaban J connectivity index is 0.00000504. The molecule has 0 N–H and O–H groups in total. The smallest absolute Gasteiger partial charge is 0.00150 e. The molecule has 0 spiro atoms. The summed E-state index contributed by atoms with van der Waals surface area (Å²) in [4.78, 5) is 0. The van der Waals surface area contributed by atoms with Crippen LogP contribution >= 0.6 is 0 Å². The van der Waals surface area contributed by atoms with Crippen LogP contribution in [0.5, 0.6) is 0 Å². The summed E-state index contributed by atoms with van der Waals surface area (Å²) in [5.74, 6) is 0. The molecule has 0 amide bonds. The van der Waals surface area contributed by atoms with Gasteiger partial charge in [0.25, 0.3) is 0 Å². The molecule has 51 heavy (non-hydrogen) atoms. The molecular weight excluding hydrogens is 613 g/mol. The Bertz CT molecular complexity index is 2310. The third kappa shape index (κ3) is 4.84. The highest BCUT2D eigenvalue weighted by molar-refractivity contribution is 6.29. The van der Waals surface area contributed by atoms with Gasteiger partial charge in [0.15, 0.2) is 0 Å². The SMILES string of the molecule is C.Cc1c(C)c(C)c(-c2c3c(C)c(C)c(C)c(C)c3c(-c3c(C)c(C)c(C)c(C)c3C)c3c(C)c4c(C)c(C)c(C)c(C)c4c(C)c23)c(C)c1C. The molecule has 268 valence electrons. The molecule has 6 rings (SSSR count). The summed E-state index contributed by atoms with van der Waals surface area (Å²) in [5, 5.41) is 8.66. The second-order valence-electron chi connectivity index (χ2n) is 16.2. The molecule has 0 bridgehead atoms. The molecule has 0 aliphatic rings. The van der Waals surface area contributed by atoms with E-state index < -0.39 is 0 Å². The van der Waals surface area contributed by atoms with Gasteiger partial charge in [0.2, 0.25) is 0 Å². The lowest BCUT2D eigenvalue weighted by molar-refractivity contribution is 1.18. The fraction of sp³-hybridized carbons (Fsp3) is 0.412. The van der Waals surface area contributed by atoms with Gasteiger partial charge in [-0.15, -0.1) is 0 Å². The molecule has 0 fully saturated rings. The lowest BCUT2D eigenvalue weighted by Gasteiger charge is -2.31. The van der Waals surface area contributed by atoms with E-state index >= 15 is 0 Å². The van der Waals surface area contributed by atoms with Crippen molar-refractivity contribution in [3.63, 3.8) is 0 Å². The molecule has 6 aromatic rings. The first-order valence-corrected chi connectivity index (χ1v) is 18.8. The number of fused-ring (bicyclic) bond motifs is 3. The van der Waals surface area contributed by atoms with Gasteiger partial charge in [0.1, 0.15) is 0 Å². The second-order valence-corrected chi connectivity index (χ2v) is 16.2. The van der Waals surface area contributed by atoms with Gasteiger partial charge in [-0.1, -0.05) is 7.43 Å². The zero-order valence-electron chi connectivity index (χ0n) is 35.0. The Labute approximate surface area is 310 Å². The van der Waals surface area contributed by atoms with Crippen LogP contribution in [0.1, 0.15) is 119 Å². The maximum atomic E-state index is 2.44. The van der Waals surface area contributed by atoms with Crippen LogP contribution in [0.3, 0.4) is 0 Å². The maximum absolute atomic E-state index is 2.44. The van der Waals surface area contributed by atoms with Crippen molar-refractivity contribution in [1.82, 2.24) is 0 Å². The monoisotopic (exact) mass is 677 g/mol. The Morgan fingerprint density at radius 3 is 0.529 bits per heavy atom. The van der Waals surface area contributed by atoms with Crippen LogP contribution < -0.4 is 0 Å². The van der Waals surface area contributed by atoms with E-state index in [-0.39, 0.29) is 7.43 Å². The Morgan fingerprint density at radius 1 is 0.137 bits per heavy atom. The minimum absolute atomic E-state index is 0. The number of hydrogen-bond donors (Lipinski definition) is 0. The van der Waals surface area contributed by atoms with E-state index in [1.54, 1.807) is 0 Å². The van der Waals surface area contributed by atoms with Gasteiger partial charge in [-0.3, -0.25) is 0 Å². The predicted molar refractivity (Wildman–Crippen MR) is 231 cm³/mol. The van der Waals surface area contributed by atoms with Crippen molar-refractivity contribution in [3.8, 4) is 22.3 Å². The normalized spacial score (nSPS) is 11.8. The summed E-state index contributed by atoms with van der Waals surface area (Å²) in [6.45, 7) is 47.3. The minimum Gasteiger partial charge on any atom is -0.0776 e. The van der Waals surface area contributed by atoms with Crippen LogP contribution in [-0.4, -0.2) is 0 Å². The molecule has 0 saturated heterocycles. The molecular formula is C51H64. The van der Waals surface area contributed by atoms with Gasteiger partial charge in [-0.25, -0.2) is 0 Å². The van der Waals surface area contributed by atoms with Crippen LogP contribution in [0.15, 0.2) is 0 Å². The number of benzene rings is 6. The number of aryl methyl sites for hydroxylation is 6. The first-order chi connectivity index (χ1) is 23.2. The van der Waals surface area contributed by atoms with E-state index in [2.05, 4.69) is 138 Å². The Morgan fingerprint density at radius 2 is 0.294 bits per heavy atom. The summed E-state index contributed by atoms with van der Waals surface area (Å²) in [6, 6.07) is 0. The van der Waals surface area contributed by atoms with Crippen LogP contribution in [0.4, 0.5) is 0 Å². The molecule has 0 aliphatic carbocycles. The van der Waals surface area contributed by atoms with Crippen LogP contribution in [0.2, 0.25) is 0 Å². The van der Waals surface area contributed by atoms with E-state index in [1.165, 1.54) is 166 Å². The average molecular weight is 677 g/mol. The Kier molecular flexibility index (Phi) is 9.51. The van der Waals surface area contributed by atoms with Crippen LogP contribution in [-0.2, 0) is 0 Å². The predicted octanol–water partition coefficient (Wildman–Crippen LogP) is 15.3. The van der Waals surface area contributed by atoms with E-state index in [9.17, 15) is 0 Å². The second kappa shape index (κ2) is 12.6. The zero-order valence-corrected chi connectivity index (χ0v) is 35.0. The van der Waals surface area contributed by atoms with Crippen molar-refractivity contribution in [2.75, 3.05) is 0 Å². The summed E-state index contributed by atoms with van der Waals surface area (Å²) in [7, 11) is 0. The molecule has 0 heterocycles.